The first kappa shape index (κ1) is 11.9. The fourth-order valence-corrected chi connectivity index (χ4v) is 3.84. The predicted octanol–water partition coefficient (Wildman–Crippen LogP) is 3.42. The zero-order valence-electron chi connectivity index (χ0n) is 11.0. The van der Waals surface area contributed by atoms with E-state index in [9.17, 15) is 0 Å². The van der Waals surface area contributed by atoms with Gasteiger partial charge in [0.15, 0.2) is 0 Å². The molecule has 0 spiro atoms. The minimum atomic E-state index is 0.395. The first-order chi connectivity index (χ1) is 8.70. The Morgan fingerprint density at radius 3 is 2.89 bits per heavy atom. The molecule has 0 bridgehead atoms. The standard InChI is InChI=1S/C15H18N2S/c1-9(16-3)14-10(2)17-15(18-14)13-8-11-6-4-5-7-12(11)13/h4-7,9,13,16H,8H2,1-3H3. The van der Waals surface area contributed by atoms with Gasteiger partial charge in [0.2, 0.25) is 0 Å². The van der Waals surface area contributed by atoms with Crippen molar-refractivity contribution in [3.8, 4) is 0 Å². The van der Waals surface area contributed by atoms with Crippen LogP contribution in [0.4, 0.5) is 0 Å². The van der Waals surface area contributed by atoms with Gasteiger partial charge in [-0.15, -0.1) is 11.3 Å². The molecule has 1 aromatic carbocycles. The van der Waals surface area contributed by atoms with Gasteiger partial charge in [-0.2, -0.15) is 0 Å². The minimum Gasteiger partial charge on any atom is -0.312 e. The molecule has 0 aliphatic heterocycles. The lowest BCUT2D eigenvalue weighted by Gasteiger charge is -2.28. The molecule has 1 aliphatic rings. The summed E-state index contributed by atoms with van der Waals surface area (Å²) in [5.41, 5.74) is 4.13. The number of fused-ring (bicyclic) bond motifs is 1. The molecule has 2 atom stereocenters. The molecular formula is C15H18N2S. The average molecular weight is 258 g/mol. The lowest BCUT2D eigenvalue weighted by molar-refractivity contribution is 0.658. The lowest BCUT2D eigenvalue weighted by atomic mass is 9.78. The Morgan fingerprint density at radius 1 is 1.39 bits per heavy atom. The van der Waals surface area contributed by atoms with Gasteiger partial charge in [-0.25, -0.2) is 4.98 Å². The molecule has 0 amide bonds. The summed E-state index contributed by atoms with van der Waals surface area (Å²) in [6, 6.07) is 9.11. The highest BCUT2D eigenvalue weighted by atomic mass is 32.1. The van der Waals surface area contributed by atoms with Crippen LogP contribution >= 0.6 is 11.3 Å². The van der Waals surface area contributed by atoms with Crippen LogP contribution in [0.5, 0.6) is 0 Å². The topological polar surface area (TPSA) is 24.9 Å². The third-order valence-corrected chi connectivity index (χ3v) is 5.28. The second-order valence-electron chi connectivity index (χ2n) is 4.97. The molecule has 0 saturated heterocycles. The van der Waals surface area contributed by atoms with Gasteiger partial charge in [0, 0.05) is 16.8 Å². The molecule has 3 rings (SSSR count). The largest absolute Gasteiger partial charge is 0.312 e. The normalized spacial score (nSPS) is 19.2. The molecule has 1 aromatic heterocycles. The number of hydrogen-bond acceptors (Lipinski definition) is 3. The van der Waals surface area contributed by atoms with E-state index in [0.29, 0.717) is 12.0 Å². The molecule has 0 radical (unpaired) electrons. The van der Waals surface area contributed by atoms with Crippen LogP contribution in [-0.4, -0.2) is 12.0 Å². The summed E-state index contributed by atoms with van der Waals surface area (Å²) in [4.78, 5) is 6.15. The van der Waals surface area contributed by atoms with Crippen molar-refractivity contribution in [2.45, 2.75) is 32.2 Å². The molecule has 18 heavy (non-hydrogen) atoms. The number of benzene rings is 1. The number of aryl methyl sites for hydroxylation is 1. The number of nitrogens with one attached hydrogen (secondary N) is 1. The molecule has 0 fully saturated rings. The third-order valence-electron chi connectivity index (χ3n) is 3.83. The molecule has 3 heteroatoms. The molecule has 2 aromatic rings. The quantitative estimate of drug-likeness (QED) is 0.912. The summed E-state index contributed by atoms with van der Waals surface area (Å²) in [5, 5.41) is 4.58. The van der Waals surface area contributed by atoms with E-state index < -0.39 is 0 Å². The SMILES string of the molecule is CNC(C)c1sc(C2Cc3ccccc32)nc1C. The Balaban J connectivity index is 1.92. The number of aromatic nitrogens is 1. The number of hydrogen-bond donors (Lipinski definition) is 1. The Labute approximate surface area is 112 Å². The van der Waals surface area contributed by atoms with Crippen LogP contribution in [0.1, 0.15) is 45.6 Å². The Hall–Kier alpha value is -1.19. The monoisotopic (exact) mass is 258 g/mol. The maximum atomic E-state index is 4.78. The second-order valence-corrected chi connectivity index (χ2v) is 6.03. The maximum Gasteiger partial charge on any atom is 0.101 e. The average Bonchev–Trinajstić information content (AvgIpc) is 2.72. The van der Waals surface area contributed by atoms with Gasteiger partial charge in [-0.3, -0.25) is 0 Å². The summed E-state index contributed by atoms with van der Waals surface area (Å²) in [6.45, 7) is 4.31. The lowest BCUT2D eigenvalue weighted by Crippen LogP contribution is -2.17. The molecule has 1 N–H and O–H groups in total. The van der Waals surface area contributed by atoms with E-state index in [-0.39, 0.29) is 0 Å². The Kier molecular flexibility index (Phi) is 2.96. The van der Waals surface area contributed by atoms with E-state index in [1.165, 1.54) is 26.7 Å². The molecule has 2 nitrogen and oxygen atoms in total. The van der Waals surface area contributed by atoms with Crippen molar-refractivity contribution in [2.24, 2.45) is 0 Å². The van der Waals surface area contributed by atoms with Crippen molar-refractivity contribution < 1.29 is 0 Å². The van der Waals surface area contributed by atoms with Crippen LogP contribution in [-0.2, 0) is 6.42 Å². The highest BCUT2D eigenvalue weighted by molar-refractivity contribution is 7.12. The molecule has 2 unspecified atom stereocenters. The van der Waals surface area contributed by atoms with E-state index in [2.05, 4.69) is 43.4 Å². The Bertz CT molecular complexity index is 574. The number of nitrogens with zero attached hydrogens (tertiary/aromatic N) is 1. The van der Waals surface area contributed by atoms with Crippen LogP contribution in [0.25, 0.3) is 0 Å². The van der Waals surface area contributed by atoms with E-state index in [1.54, 1.807) is 0 Å². The van der Waals surface area contributed by atoms with Crippen molar-refractivity contribution in [3.63, 3.8) is 0 Å². The second kappa shape index (κ2) is 4.48. The first-order valence-corrected chi connectivity index (χ1v) is 7.24. The first-order valence-electron chi connectivity index (χ1n) is 6.43. The molecule has 94 valence electrons. The fraction of sp³-hybridized carbons (Fsp3) is 0.400. The smallest absolute Gasteiger partial charge is 0.101 e. The van der Waals surface area contributed by atoms with E-state index in [4.69, 9.17) is 4.98 Å². The minimum absolute atomic E-state index is 0.395. The maximum absolute atomic E-state index is 4.78. The predicted molar refractivity (Wildman–Crippen MR) is 76.3 cm³/mol. The van der Waals surface area contributed by atoms with Crippen LogP contribution < -0.4 is 5.32 Å². The zero-order chi connectivity index (χ0) is 12.7. The number of thiazole rings is 1. The third kappa shape index (κ3) is 1.78. The van der Waals surface area contributed by atoms with Crippen molar-refractivity contribution in [3.05, 3.63) is 51.0 Å². The molecule has 1 aliphatic carbocycles. The zero-order valence-corrected chi connectivity index (χ0v) is 11.8. The van der Waals surface area contributed by atoms with Gasteiger partial charge in [0.25, 0.3) is 0 Å². The van der Waals surface area contributed by atoms with E-state index in [0.717, 1.165) is 6.42 Å². The molecule has 1 heterocycles. The van der Waals surface area contributed by atoms with E-state index >= 15 is 0 Å². The fourth-order valence-electron chi connectivity index (χ4n) is 2.59. The van der Waals surface area contributed by atoms with Gasteiger partial charge in [-0.1, -0.05) is 24.3 Å². The summed E-state index contributed by atoms with van der Waals surface area (Å²) in [6.07, 6.45) is 1.15. The van der Waals surface area contributed by atoms with Crippen LogP contribution in [0.2, 0.25) is 0 Å². The van der Waals surface area contributed by atoms with Gasteiger partial charge < -0.3 is 5.32 Å². The summed E-state index contributed by atoms with van der Waals surface area (Å²) in [5.74, 6) is 0.530. The molecular weight excluding hydrogens is 240 g/mol. The highest BCUT2D eigenvalue weighted by Gasteiger charge is 2.30. The van der Waals surface area contributed by atoms with Gasteiger partial charge in [-0.05, 0) is 38.4 Å². The van der Waals surface area contributed by atoms with Crippen LogP contribution in [0.15, 0.2) is 24.3 Å². The Morgan fingerprint density at radius 2 is 2.17 bits per heavy atom. The van der Waals surface area contributed by atoms with Gasteiger partial charge in [0.05, 0.1) is 5.69 Å². The number of rotatable bonds is 3. The van der Waals surface area contributed by atoms with E-state index in [1.807, 2.05) is 18.4 Å². The highest BCUT2D eigenvalue weighted by Crippen LogP contribution is 2.42. The van der Waals surface area contributed by atoms with Crippen molar-refractivity contribution in [1.82, 2.24) is 10.3 Å². The molecule has 0 saturated carbocycles. The van der Waals surface area contributed by atoms with Crippen LogP contribution in [0, 0.1) is 6.92 Å². The van der Waals surface area contributed by atoms with Gasteiger partial charge >= 0.3 is 0 Å². The van der Waals surface area contributed by atoms with Gasteiger partial charge in [0.1, 0.15) is 5.01 Å². The summed E-state index contributed by atoms with van der Waals surface area (Å²) >= 11 is 1.87. The van der Waals surface area contributed by atoms with Crippen molar-refractivity contribution in [1.29, 1.82) is 0 Å². The van der Waals surface area contributed by atoms with Crippen molar-refractivity contribution in [2.75, 3.05) is 7.05 Å². The summed E-state index contributed by atoms with van der Waals surface area (Å²) in [7, 11) is 2.00. The summed E-state index contributed by atoms with van der Waals surface area (Å²) < 4.78 is 0. The van der Waals surface area contributed by atoms with Crippen LogP contribution in [0.3, 0.4) is 0 Å². The van der Waals surface area contributed by atoms with Crippen molar-refractivity contribution >= 4 is 11.3 Å².